The van der Waals surface area contributed by atoms with Gasteiger partial charge in [0.2, 0.25) is 0 Å². The molecule has 1 N–H and O–H groups in total. The summed E-state index contributed by atoms with van der Waals surface area (Å²) in [6, 6.07) is 11.0. The van der Waals surface area contributed by atoms with E-state index >= 15 is 0 Å². The van der Waals surface area contributed by atoms with Crippen LogP contribution >= 0.6 is 0 Å². The van der Waals surface area contributed by atoms with Gasteiger partial charge in [0, 0.05) is 17.6 Å². The predicted octanol–water partition coefficient (Wildman–Crippen LogP) is 4.32. The highest BCUT2D eigenvalue weighted by Gasteiger charge is 2.14. The van der Waals surface area contributed by atoms with Crippen LogP contribution in [0, 0.1) is 5.92 Å². The van der Waals surface area contributed by atoms with E-state index < -0.39 is 0 Å². The molecule has 2 aromatic rings. The van der Waals surface area contributed by atoms with Gasteiger partial charge in [0.05, 0.1) is 5.52 Å². The third-order valence-electron chi connectivity index (χ3n) is 3.80. The Hall–Kier alpha value is -1.41. The standard InChI is InChI=1S/C17H24N2/c1-4-13(3)10-17(18-5-2)15-11-14-8-6-7-9-16(14)19-12-15/h6-9,11-13,17-18H,4-5,10H2,1-3H3. The molecule has 1 aromatic carbocycles. The molecule has 0 radical (unpaired) electrons. The van der Waals surface area contributed by atoms with Gasteiger partial charge in [-0.3, -0.25) is 4.98 Å². The van der Waals surface area contributed by atoms with Gasteiger partial charge in [-0.05, 0) is 36.6 Å². The molecule has 102 valence electrons. The molecule has 2 unspecified atom stereocenters. The summed E-state index contributed by atoms with van der Waals surface area (Å²) in [5.74, 6) is 0.732. The summed E-state index contributed by atoms with van der Waals surface area (Å²) in [7, 11) is 0. The fourth-order valence-corrected chi connectivity index (χ4v) is 2.43. The number of hydrogen-bond donors (Lipinski definition) is 1. The Kier molecular flexibility index (Phi) is 4.92. The molecule has 0 saturated heterocycles. The summed E-state index contributed by atoms with van der Waals surface area (Å²) in [4.78, 5) is 4.58. The van der Waals surface area contributed by atoms with Crippen molar-refractivity contribution < 1.29 is 0 Å². The first-order chi connectivity index (χ1) is 9.24. The number of nitrogens with one attached hydrogen (secondary N) is 1. The van der Waals surface area contributed by atoms with E-state index in [-0.39, 0.29) is 0 Å². The number of benzene rings is 1. The Morgan fingerprint density at radius 2 is 2.00 bits per heavy atom. The number of nitrogens with zero attached hydrogens (tertiary/aromatic N) is 1. The zero-order valence-corrected chi connectivity index (χ0v) is 12.2. The highest BCUT2D eigenvalue weighted by Crippen LogP contribution is 2.24. The molecule has 0 saturated carbocycles. The van der Waals surface area contributed by atoms with E-state index in [4.69, 9.17) is 0 Å². The summed E-state index contributed by atoms with van der Waals surface area (Å²) in [6.07, 6.45) is 4.42. The molecular formula is C17H24N2. The van der Waals surface area contributed by atoms with Crippen LogP contribution in [0.15, 0.2) is 36.5 Å². The number of para-hydroxylation sites is 1. The first-order valence-electron chi connectivity index (χ1n) is 7.32. The zero-order chi connectivity index (χ0) is 13.7. The monoisotopic (exact) mass is 256 g/mol. The van der Waals surface area contributed by atoms with E-state index in [9.17, 15) is 0 Å². The van der Waals surface area contributed by atoms with E-state index in [1.54, 1.807) is 0 Å². The van der Waals surface area contributed by atoms with Crippen LogP contribution in [0.5, 0.6) is 0 Å². The lowest BCUT2D eigenvalue weighted by Gasteiger charge is -2.21. The third kappa shape index (κ3) is 3.54. The minimum Gasteiger partial charge on any atom is -0.310 e. The lowest BCUT2D eigenvalue weighted by molar-refractivity contribution is 0.408. The molecule has 2 heteroatoms. The third-order valence-corrected chi connectivity index (χ3v) is 3.80. The molecular weight excluding hydrogens is 232 g/mol. The first kappa shape index (κ1) is 14.0. The average Bonchev–Trinajstić information content (AvgIpc) is 2.46. The van der Waals surface area contributed by atoms with Gasteiger partial charge in [0.1, 0.15) is 0 Å². The average molecular weight is 256 g/mol. The number of rotatable bonds is 6. The normalized spacial score (nSPS) is 14.5. The Balaban J connectivity index is 2.27. The summed E-state index contributed by atoms with van der Waals surface area (Å²) < 4.78 is 0. The largest absolute Gasteiger partial charge is 0.310 e. The fourth-order valence-electron chi connectivity index (χ4n) is 2.43. The molecule has 0 aliphatic carbocycles. The molecule has 19 heavy (non-hydrogen) atoms. The van der Waals surface area contributed by atoms with Crippen LogP contribution in [0.2, 0.25) is 0 Å². The molecule has 0 spiro atoms. The predicted molar refractivity (Wildman–Crippen MR) is 82.2 cm³/mol. The van der Waals surface area contributed by atoms with Crippen molar-refractivity contribution >= 4 is 10.9 Å². The second kappa shape index (κ2) is 6.67. The van der Waals surface area contributed by atoms with Crippen molar-refractivity contribution in [2.24, 2.45) is 5.92 Å². The van der Waals surface area contributed by atoms with Gasteiger partial charge in [0.15, 0.2) is 0 Å². The van der Waals surface area contributed by atoms with Gasteiger partial charge in [-0.1, -0.05) is 45.4 Å². The van der Waals surface area contributed by atoms with Gasteiger partial charge in [-0.2, -0.15) is 0 Å². The van der Waals surface area contributed by atoms with Crippen molar-refractivity contribution in [2.75, 3.05) is 6.54 Å². The highest BCUT2D eigenvalue weighted by atomic mass is 14.9. The van der Waals surface area contributed by atoms with Crippen LogP contribution in [0.25, 0.3) is 10.9 Å². The Bertz CT molecular complexity index is 521. The summed E-state index contributed by atoms with van der Waals surface area (Å²) in [6.45, 7) is 7.73. The Morgan fingerprint density at radius 1 is 1.21 bits per heavy atom. The van der Waals surface area contributed by atoms with Crippen LogP contribution in [0.4, 0.5) is 0 Å². The van der Waals surface area contributed by atoms with Crippen molar-refractivity contribution in [3.8, 4) is 0 Å². The quantitative estimate of drug-likeness (QED) is 0.832. The lowest BCUT2D eigenvalue weighted by Crippen LogP contribution is -2.23. The van der Waals surface area contributed by atoms with Gasteiger partial charge < -0.3 is 5.32 Å². The first-order valence-corrected chi connectivity index (χ1v) is 7.32. The maximum Gasteiger partial charge on any atom is 0.0702 e. The van der Waals surface area contributed by atoms with E-state index in [1.165, 1.54) is 23.8 Å². The van der Waals surface area contributed by atoms with E-state index in [1.807, 2.05) is 12.3 Å². The maximum absolute atomic E-state index is 4.58. The maximum atomic E-state index is 4.58. The van der Waals surface area contributed by atoms with Crippen LogP contribution in [0.1, 0.15) is 45.2 Å². The van der Waals surface area contributed by atoms with Gasteiger partial charge in [-0.15, -0.1) is 0 Å². The van der Waals surface area contributed by atoms with Crippen LogP contribution < -0.4 is 5.32 Å². The summed E-state index contributed by atoms with van der Waals surface area (Å²) in [5.41, 5.74) is 2.38. The molecule has 2 rings (SSSR count). The van der Waals surface area contributed by atoms with Crippen LogP contribution in [-0.2, 0) is 0 Å². The molecule has 0 bridgehead atoms. The van der Waals surface area contributed by atoms with Gasteiger partial charge >= 0.3 is 0 Å². The van der Waals surface area contributed by atoms with Gasteiger partial charge in [-0.25, -0.2) is 0 Å². The number of hydrogen-bond acceptors (Lipinski definition) is 2. The number of aromatic nitrogens is 1. The van der Waals surface area contributed by atoms with Gasteiger partial charge in [0.25, 0.3) is 0 Å². The molecule has 1 aromatic heterocycles. The Labute approximate surface area is 116 Å². The van der Waals surface area contributed by atoms with E-state index in [0.29, 0.717) is 6.04 Å². The summed E-state index contributed by atoms with van der Waals surface area (Å²) >= 11 is 0. The molecule has 2 atom stereocenters. The second-order valence-corrected chi connectivity index (χ2v) is 5.32. The van der Waals surface area contributed by atoms with Crippen molar-refractivity contribution in [2.45, 2.75) is 39.7 Å². The Morgan fingerprint density at radius 3 is 2.74 bits per heavy atom. The summed E-state index contributed by atoms with van der Waals surface area (Å²) in [5, 5.41) is 4.82. The van der Waals surface area contributed by atoms with Crippen molar-refractivity contribution in [3.05, 3.63) is 42.1 Å². The minimum absolute atomic E-state index is 0.414. The van der Waals surface area contributed by atoms with Crippen LogP contribution in [0.3, 0.4) is 0 Å². The molecule has 0 amide bonds. The highest BCUT2D eigenvalue weighted by molar-refractivity contribution is 5.78. The van der Waals surface area contributed by atoms with E-state index in [0.717, 1.165) is 18.0 Å². The topological polar surface area (TPSA) is 24.9 Å². The molecule has 0 fully saturated rings. The molecule has 1 heterocycles. The smallest absolute Gasteiger partial charge is 0.0702 e. The minimum atomic E-state index is 0.414. The second-order valence-electron chi connectivity index (χ2n) is 5.32. The SMILES string of the molecule is CCNC(CC(C)CC)c1cnc2ccccc2c1. The van der Waals surface area contributed by atoms with Crippen molar-refractivity contribution in [1.29, 1.82) is 0 Å². The van der Waals surface area contributed by atoms with E-state index in [2.05, 4.69) is 55.3 Å². The molecule has 2 nitrogen and oxygen atoms in total. The van der Waals surface area contributed by atoms with Crippen LogP contribution in [-0.4, -0.2) is 11.5 Å². The number of pyridine rings is 1. The van der Waals surface area contributed by atoms with Crippen molar-refractivity contribution in [3.63, 3.8) is 0 Å². The fraction of sp³-hybridized carbons (Fsp3) is 0.471. The lowest BCUT2D eigenvalue weighted by atomic mass is 9.94. The number of fused-ring (bicyclic) bond motifs is 1. The molecule has 0 aliphatic heterocycles. The van der Waals surface area contributed by atoms with Crippen molar-refractivity contribution in [1.82, 2.24) is 10.3 Å². The molecule has 0 aliphatic rings. The zero-order valence-electron chi connectivity index (χ0n) is 12.2.